The average Bonchev–Trinajstić information content (AvgIpc) is 2.66. The second-order valence-electron chi connectivity index (χ2n) is 6.24. The first-order valence-corrected chi connectivity index (χ1v) is 8.44. The zero-order valence-corrected chi connectivity index (χ0v) is 14.4. The Morgan fingerprint density at radius 2 is 1.58 bits per heavy atom. The molecule has 3 aromatic rings. The fourth-order valence-electron chi connectivity index (χ4n) is 3.34. The lowest BCUT2D eigenvalue weighted by Crippen LogP contribution is -2.42. The van der Waals surface area contributed by atoms with Crippen LogP contribution in [-0.2, 0) is 12.1 Å². The SMILES string of the molecule is C#CC(C)(c1ccccc1)N(CC)Cc1cccc2ccccc12. The van der Waals surface area contributed by atoms with Crippen LogP contribution < -0.4 is 0 Å². The van der Waals surface area contributed by atoms with E-state index in [9.17, 15) is 0 Å². The first-order valence-electron chi connectivity index (χ1n) is 8.44. The molecule has 0 aliphatic carbocycles. The Labute approximate surface area is 144 Å². The summed E-state index contributed by atoms with van der Waals surface area (Å²) in [6.45, 7) is 6.02. The first kappa shape index (κ1) is 16.3. The number of nitrogens with zero attached hydrogens (tertiary/aromatic N) is 1. The Morgan fingerprint density at radius 3 is 2.29 bits per heavy atom. The van der Waals surface area contributed by atoms with Gasteiger partial charge in [0.2, 0.25) is 0 Å². The van der Waals surface area contributed by atoms with Gasteiger partial charge in [0.15, 0.2) is 0 Å². The zero-order valence-electron chi connectivity index (χ0n) is 14.4. The fourth-order valence-corrected chi connectivity index (χ4v) is 3.34. The molecular formula is C23H23N. The van der Waals surface area contributed by atoms with Crippen LogP contribution in [0.4, 0.5) is 0 Å². The van der Waals surface area contributed by atoms with Crippen molar-refractivity contribution in [2.45, 2.75) is 25.9 Å². The lowest BCUT2D eigenvalue weighted by Gasteiger charge is -2.37. The maximum absolute atomic E-state index is 5.99. The molecule has 0 amide bonds. The van der Waals surface area contributed by atoms with Gasteiger partial charge in [-0.15, -0.1) is 6.42 Å². The molecule has 0 saturated carbocycles. The van der Waals surface area contributed by atoms with Crippen LogP contribution in [0.3, 0.4) is 0 Å². The van der Waals surface area contributed by atoms with Crippen molar-refractivity contribution >= 4 is 10.8 Å². The third-order valence-electron chi connectivity index (χ3n) is 4.87. The van der Waals surface area contributed by atoms with E-state index in [-0.39, 0.29) is 0 Å². The van der Waals surface area contributed by atoms with Crippen LogP contribution in [0.15, 0.2) is 72.8 Å². The molecule has 0 bridgehead atoms. The molecule has 0 N–H and O–H groups in total. The molecule has 0 aliphatic rings. The minimum absolute atomic E-state index is 0.424. The molecule has 1 nitrogen and oxygen atoms in total. The molecule has 24 heavy (non-hydrogen) atoms. The van der Waals surface area contributed by atoms with Gasteiger partial charge in [-0.25, -0.2) is 0 Å². The molecule has 0 spiro atoms. The molecule has 1 heteroatoms. The summed E-state index contributed by atoms with van der Waals surface area (Å²) in [5, 5.41) is 2.57. The van der Waals surface area contributed by atoms with Crippen molar-refractivity contribution in [3.05, 3.63) is 83.9 Å². The van der Waals surface area contributed by atoms with E-state index in [2.05, 4.69) is 91.4 Å². The summed E-state index contributed by atoms with van der Waals surface area (Å²) in [5.41, 5.74) is 2.05. The summed E-state index contributed by atoms with van der Waals surface area (Å²) < 4.78 is 0. The summed E-state index contributed by atoms with van der Waals surface area (Å²) in [6.07, 6.45) is 5.99. The van der Waals surface area contributed by atoms with Gasteiger partial charge in [-0.1, -0.05) is 85.6 Å². The molecule has 1 atom stereocenters. The van der Waals surface area contributed by atoms with E-state index in [1.165, 1.54) is 16.3 Å². The highest BCUT2D eigenvalue weighted by Gasteiger charge is 2.30. The van der Waals surface area contributed by atoms with E-state index in [0.717, 1.165) is 18.7 Å². The van der Waals surface area contributed by atoms with Gasteiger partial charge in [0, 0.05) is 6.54 Å². The predicted molar refractivity (Wildman–Crippen MR) is 103 cm³/mol. The highest BCUT2D eigenvalue weighted by molar-refractivity contribution is 5.85. The summed E-state index contributed by atoms with van der Waals surface area (Å²) in [4.78, 5) is 2.37. The lowest BCUT2D eigenvalue weighted by atomic mass is 9.90. The molecule has 0 aliphatic heterocycles. The monoisotopic (exact) mass is 313 g/mol. The van der Waals surface area contributed by atoms with Crippen LogP contribution in [0.1, 0.15) is 25.0 Å². The third-order valence-corrected chi connectivity index (χ3v) is 4.87. The van der Waals surface area contributed by atoms with Crippen molar-refractivity contribution in [3.63, 3.8) is 0 Å². The van der Waals surface area contributed by atoms with Gasteiger partial charge in [-0.05, 0) is 35.4 Å². The molecule has 0 heterocycles. The molecule has 3 aromatic carbocycles. The Balaban J connectivity index is 2.01. The van der Waals surface area contributed by atoms with E-state index in [1.54, 1.807) is 0 Å². The first-order chi connectivity index (χ1) is 11.7. The van der Waals surface area contributed by atoms with Gasteiger partial charge < -0.3 is 0 Å². The van der Waals surface area contributed by atoms with Crippen LogP contribution in [0, 0.1) is 12.3 Å². The minimum atomic E-state index is -0.424. The number of hydrogen-bond acceptors (Lipinski definition) is 1. The number of fused-ring (bicyclic) bond motifs is 1. The maximum atomic E-state index is 5.99. The van der Waals surface area contributed by atoms with Crippen LogP contribution in [0.5, 0.6) is 0 Å². The van der Waals surface area contributed by atoms with Gasteiger partial charge >= 0.3 is 0 Å². The average molecular weight is 313 g/mol. The molecule has 0 fully saturated rings. The largest absolute Gasteiger partial charge is 0.280 e. The highest BCUT2D eigenvalue weighted by atomic mass is 15.2. The van der Waals surface area contributed by atoms with Crippen molar-refractivity contribution in [3.8, 4) is 12.3 Å². The van der Waals surface area contributed by atoms with Crippen molar-refractivity contribution < 1.29 is 0 Å². The quantitative estimate of drug-likeness (QED) is 0.584. The normalized spacial score (nSPS) is 13.6. The Hall–Kier alpha value is -2.56. The van der Waals surface area contributed by atoms with Gasteiger partial charge in [0.1, 0.15) is 5.54 Å². The topological polar surface area (TPSA) is 3.24 Å². The zero-order chi connectivity index (χ0) is 17.0. The Morgan fingerprint density at radius 1 is 0.917 bits per heavy atom. The molecule has 0 aromatic heterocycles. The van der Waals surface area contributed by atoms with E-state index in [4.69, 9.17) is 6.42 Å². The molecule has 3 rings (SSSR count). The summed E-state index contributed by atoms with van der Waals surface area (Å²) in [5.74, 6) is 3.04. The summed E-state index contributed by atoms with van der Waals surface area (Å²) >= 11 is 0. The Bertz CT molecular complexity index is 855. The summed E-state index contributed by atoms with van der Waals surface area (Å²) in [7, 11) is 0. The number of hydrogen-bond donors (Lipinski definition) is 0. The van der Waals surface area contributed by atoms with Crippen LogP contribution >= 0.6 is 0 Å². The van der Waals surface area contributed by atoms with Gasteiger partial charge in [0.25, 0.3) is 0 Å². The summed E-state index contributed by atoms with van der Waals surface area (Å²) in [6, 6.07) is 25.4. The molecule has 0 radical (unpaired) electrons. The minimum Gasteiger partial charge on any atom is -0.280 e. The number of terminal acetylenes is 1. The second kappa shape index (κ2) is 6.91. The molecular weight excluding hydrogens is 290 g/mol. The molecule has 1 unspecified atom stereocenters. The van der Waals surface area contributed by atoms with Crippen molar-refractivity contribution in [2.75, 3.05) is 6.54 Å². The van der Waals surface area contributed by atoms with Gasteiger partial charge in [-0.2, -0.15) is 0 Å². The smallest absolute Gasteiger partial charge is 0.105 e. The van der Waals surface area contributed by atoms with Gasteiger partial charge in [-0.3, -0.25) is 4.90 Å². The van der Waals surface area contributed by atoms with E-state index < -0.39 is 5.54 Å². The van der Waals surface area contributed by atoms with E-state index in [1.807, 2.05) is 6.07 Å². The third kappa shape index (κ3) is 2.94. The predicted octanol–water partition coefficient (Wildman–Crippen LogP) is 5.21. The Kier molecular flexibility index (Phi) is 4.69. The van der Waals surface area contributed by atoms with Crippen LogP contribution in [-0.4, -0.2) is 11.4 Å². The molecule has 120 valence electrons. The van der Waals surface area contributed by atoms with Crippen molar-refractivity contribution in [2.24, 2.45) is 0 Å². The van der Waals surface area contributed by atoms with E-state index >= 15 is 0 Å². The second-order valence-corrected chi connectivity index (χ2v) is 6.24. The lowest BCUT2D eigenvalue weighted by molar-refractivity contribution is 0.154. The van der Waals surface area contributed by atoms with Crippen LogP contribution in [0.2, 0.25) is 0 Å². The highest BCUT2D eigenvalue weighted by Crippen LogP contribution is 2.30. The van der Waals surface area contributed by atoms with Crippen molar-refractivity contribution in [1.82, 2.24) is 4.90 Å². The van der Waals surface area contributed by atoms with E-state index in [0.29, 0.717) is 0 Å². The maximum Gasteiger partial charge on any atom is 0.105 e. The fraction of sp³-hybridized carbons (Fsp3) is 0.217. The van der Waals surface area contributed by atoms with Crippen LogP contribution in [0.25, 0.3) is 10.8 Å². The van der Waals surface area contributed by atoms with Crippen molar-refractivity contribution in [1.29, 1.82) is 0 Å². The number of rotatable bonds is 5. The van der Waals surface area contributed by atoms with Gasteiger partial charge in [0.05, 0.1) is 0 Å². The standard InChI is InChI=1S/C23H23N/c1-4-23(3,21-15-7-6-8-16-21)24(5-2)18-20-14-11-13-19-12-9-10-17-22(19)20/h1,6-17H,5,18H2,2-3H3. The molecule has 0 saturated heterocycles. The number of benzene rings is 3.